The van der Waals surface area contributed by atoms with Gasteiger partial charge >= 0.3 is 0 Å². The Morgan fingerprint density at radius 2 is 1.77 bits per heavy atom. The Hall–Kier alpha value is -2.68. The molecule has 1 aromatic heterocycles. The SMILES string of the molecule is COc1cc(OC)cc(C(=O)NCCC(=O)Nc2nnc(C(C)C)s2)c1. The Morgan fingerprint density at radius 3 is 2.31 bits per heavy atom. The van der Waals surface area contributed by atoms with Crippen LogP contribution in [0.2, 0.25) is 0 Å². The Morgan fingerprint density at radius 1 is 1.12 bits per heavy atom. The molecule has 0 aliphatic rings. The summed E-state index contributed by atoms with van der Waals surface area (Å²) in [7, 11) is 3.03. The minimum Gasteiger partial charge on any atom is -0.497 e. The molecule has 0 radical (unpaired) electrons. The highest BCUT2D eigenvalue weighted by Gasteiger charge is 2.12. The summed E-state index contributed by atoms with van der Waals surface area (Å²) in [6, 6.07) is 4.89. The largest absolute Gasteiger partial charge is 0.497 e. The minimum absolute atomic E-state index is 0.128. The van der Waals surface area contributed by atoms with E-state index in [4.69, 9.17) is 9.47 Å². The maximum Gasteiger partial charge on any atom is 0.251 e. The van der Waals surface area contributed by atoms with Gasteiger partial charge in [0.25, 0.3) is 5.91 Å². The van der Waals surface area contributed by atoms with E-state index in [1.165, 1.54) is 25.6 Å². The van der Waals surface area contributed by atoms with Gasteiger partial charge in [-0.3, -0.25) is 9.59 Å². The molecule has 8 nitrogen and oxygen atoms in total. The smallest absolute Gasteiger partial charge is 0.251 e. The number of hydrogen-bond acceptors (Lipinski definition) is 7. The van der Waals surface area contributed by atoms with Crippen molar-refractivity contribution < 1.29 is 19.1 Å². The van der Waals surface area contributed by atoms with Crippen molar-refractivity contribution in [2.45, 2.75) is 26.2 Å². The Kier molecular flexibility index (Phi) is 6.90. The van der Waals surface area contributed by atoms with Gasteiger partial charge in [0, 0.05) is 30.5 Å². The molecule has 0 saturated heterocycles. The summed E-state index contributed by atoms with van der Waals surface area (Å²) in [4.78, 5) is 24.2. The molecule has 0 spiro atoms. The first kappa shape index (κ1) is 19.6. The molecule has 140 valence electrons. The van der Waals surface area contributed by atoms with Crippen molar-refractivity contribution in [1.82, 2.24) is 15.5 Å². The lowest BCUT2D eigenvalue weighted by atomic mass is 10.2. The first-order chi connectivity index (χ1) is 12.4. The summed E-state index contributed by atoms with van der Waals surface area (Å²) in [5.74, 6) is 0.749. The number of anilines is 1. The van der Waals surface area contributed by atoms with Gasteiger partial charge in [0.05, 0.1) is 14.2 Å². The molecule has 0 unspecified atom stereocenters. The number of aromatic nitrogens is 2. The molecule has 0 bridgehead atoms. The van der Waals surface area contributed by atoms with Crippen LogP contribution < -0.4 is 20.1 Å². The van der Waals surface area contributed by atoms with E-state index in [1.54, 1.807) is 18.2 Å². The lowest BCUT2D eigenvalue weighted by Gasteiger charge is -2.09. The van der Waals surface area contributed by atoms with Crippen LogP contribution in [0.25, 0.3) is 0 Å². The zero-order valence-corrected chi connectivity index (χ0v) is 16.0. The molecule has 0 aliphatic carbocycles. The van der Waals surface area contributed by atoms with Gasteiger partial charge in [0.1, 0.15) is 16.5 Å². The quantitative estimate of drug-likeness (QED) is 0.731. The predicted octanol–water partition coefficient (Wildman–Crippen LogP) is 2.44. The van der Waals surface area contributed by atoms with Crippen molar-refractivity contribution in [3.05, 3.63) is 28.8 Å². The second-order valence-corrected chi connectivity index (χ2v) is 6.76. The van der Waals surface area contributed by atoms with Crippen molar-refractivity contribution in [2.75, 3.05) is 26.1 Å². The average molecular weight is 378 g/mol. The number of nitrogens with zero attached hydrogens (tertiary/aromatic N) is 2. The van der Waals surface area contributed by atoms with Gasteiger partial charge in [0.15, 0.2) is 0 Å². The van der Waals surface area contributed by atoms with Crippen LogP contribution in [0.4, 0.5) is 5.13 Å². The van der Waals surface area contributed by atoms with Crippen LogP contribution in [0.3, 0.4) is 0 Å². The van der Waals surface area contributed by atoms with Crippen molar-refractivity contribution in [3.63, 3.8) is 0 Å². The van der Waals surface area contributed by atoms with Gasteiger partial charge in [-0.1, -0.05) is 25.2 Å². The van der Waals surface area contributed by atoms with E-state index in [0.29, 0.717) is 22.2 Å². The van der Waals surface area contributed by atoms with Crippen LogP contribution in [0.1, 0.15) is 41.6 Å². The third-order valence-electron chi connectivity index (χ3n) is 3.43. The van der Waals surface area contributed by atoms with Gasteiger partial charge in [-0.15, -0.1) is 10.2 Å². The molecule has 2 amide bonds. The predicted molar refractivity (Wildman–Crippen MR) is 99.1 cm³/mol. The van der Waals surface area contributed by atoms with Crippen molar-refractivity contribution in [3.8, 4) is 11.5 Å². The number of methoxy groups -OCH3 is 2. The Labute approximate surface area is 155 Å². The molecule has 1 aromatic carbocycles. The molecule has 2 rings (SSSR count). The Balaban J connectivity index is 1.84. The number of carbonyl (C=O) groups excluding carboxylic acids is 2. The summed E-state index contributed by atoms with van der Waals surface area (Å²) < 4.78 is 10.3. The molecule has 2 aromatic rings. The number of ether oxygens (including phenoxy) is 2. The highest BCUT2D eigenvalue weighted by atomic mass is 32.1. The first-order valence-corrected chi connectivity index (χ1v) is 8.89. The van der Waals surface area contributed by atoms with Crippen LogP contribution in [-0.2, 0) is 4.79 Å². The van der Waals surface area contributed by atoms with Gasteiger partial charge in [-0.05, 0) is 12.1 Å². The van der Waals surface area contributed by atoms with Crippen LogP contribution in [0.15, 0.2) is 18.2 Å². The highest BCUT2D eigenvalue weighted by molar-refractivity contribution is 7.15. The standard InChI is InChI=1S/C17H22N4O4S/c1-10(2)16-20-21-17(26-16)19-14(22)5-6-18-15(23)11-7-12(24-3)9-13(8-11)25-4/h7-10H,5-6H2,1-4H3,(H,18,23)(H,19,21,22). The number of nitrogens with one attached hydrogen (secondary N) is 2. The van der Waals surface area contributed by atoms with Crippen molar-refractivity contribution >= 4 is 28.3 Å². The van der Waals surface area contributed by atoms with Crippen molar-refractivity contribution in [1.29, 1.82) is 0 Å². The van der Waals surface area contributed by atoms with Crippen molar-refractivity contribution in [2.24, 2.45) is 0 Å². The fraction of sp³-hybridized carbons (Fsp3) is 0.412. The van der Waals surface area contributed by atoms with E-state index >= 15 is 0 Å². The number of hydrogen-bond donors (Lipinski definition) is 2. The maximum absolute atomic E-state index is 12.2. The minimum atomic E-state index is -0.312. The topological polar surface area (TPSA) is 102 Å². The molecule has 26 heavy (non-hydrogen) atoms. The second kappa shape index (κ2) is 9.14. The third-order valence-corrected chi connectivity index (χ3v) is 4.57. The Bertz CT molecular complexity index is 754. The van der Waals surface area contributed by atoms with E-state index in [2.05, 4.69) is 20.8 Å². The van der Waals surface area contributed by atoms with Gasteiger partial charge in [0.2, 0.25) is 11.0 Å². The fourth-order valence-corrected chi connectivity index (χ4v) is 2.79. The van der Waals surface area contributed by atoms with E-state index in [0.717, 1.165) is 5.01 Å². The van der Waals surface area contributed by atoms with Crippen LogP contribution >= 0.6 is 11.3 Å². The number of carbonyl (C=O) groups is 2. The molecule has 0 atom stereocenters. The second-order valence-electron chi connectivity index (χ2n) is 5.76. The third kappa shape index (κ3) is 5.41. The van der Waals surface area contributed by atoms with E-state index in [9.17, 15) is 9.59 Å². The highest BCUT2D eigenvalue weighted by Crippen LogP contribution is 2.23. The molecule has 2 N–H and O–H groups in total. The monoisotopic (exact) mass is 378 g/mol. The summed E-state index contributed by atoms with van der Waals surface area (Å²) in [5, 5.41) is 14.6. The molecule has 0 aliphatic heterocycles. The molecule has 1 heterocycles. The van der Waals surface area contributed by atoms with Gasteiger partial charge in [-0.2, -0.15) is 0 Å². The zero-order valence-electron chi connectivity index (χ0n) is 15.2. The van der Waals surface area contributed by atoms with Crippen LogP contribution in [0.5, 0.6) is 11.5 Å². The number of rotatable bonds is 8. The summed E-state index contributed by atoms with van der Waals surface area (Å²) in [6.45, 7) is 4.21. The first-order valence-electron chi connectivity index (χ1n) is 8.07. The number of benzene rings is 1. The summed E-state index contributed by atoms with van der Waals surface area (Å²) in [6.07, 6.45) is 0.128. The van der Waals surface area contributed by atoms with E-state index in [1.807, 2.05) is 13.8 Å². The van der Waals surface area contributed by atoms with Gasteiger partial charge < -0.3 is 20.1 Å². The van der Waals surface area contributed by atoms with E-state index in [-0.39, 0.29) is 30.7 Å². The molecule has 9 heteroatoms. The normalized spacial score (nSPS) is 10.5. The summed E-state index contributed by atoms with van der Waals surface area (Å²) >= 11 is 1.34. The summed E-state index contributed by atoms with van der Waals surface area (Å²) in [5.41, 5.74) is 0.396. The molecule has 0 fully saturated rings. The lowest BCUT2D eigenvalue weighted by Crippen LogP contribution is -2.27. The average Bonchev–Trinajstić information content (AvgIpc) is 3.09. The lowest BCUT2D eigenvalue weighted by molar-refractivity contribution is -0.116. The van der Waals surface area contributed by atoms with Crippen LogP contribution in [-0.4, -0.2) is 42.8 Å². The van der Waals surface area contributed by atoms with E-state index < -0.39 is 0 Å². The molecule has 0 saturated carbocycles. The molecular weight excluding hydrogens is 356 g/mol. The number of amides is 2. The molecular formula is C17H22N4O4S. The van der Waals surface area contributed by atoms with Crippen LogP contribution in [0, 0.1) is 0 Å². The van der Waals surface area contributed by atoms with Gasteiger partial charge in [-0.25, -0.2) is 0 Å². The maximum atomic E-state index is 12.2. The zero-order chi connectivity index (χ0) is 19.1. The fourth-order valence-electron chi connectivity index (χ4n) is 2.03.